The van der Waals surface area contributed by atoms with Gasteiger partial charge in [-0.1, -0.05) is 23.5 Å². The normalized spacial score (nSPS) is 20.6. The predicted molar refractivity (Wildman–Crippen MR) is 64.4 cm³/mol. The van der Waals surface area contributed by atoms with Gasteiger partial charge in [0, 0.05) is 19.1 Å². The van der Waals surface area contributed by atoms with Crippen LogP contribution < -0.4 is 10.6 Å². The number of nitrogens with two attached hydrogens (primary N) is 1. The molecule has 1 atom stereocenters. The Morgan fingerprint density at radius 2 is 2.33 bits per heavy atom. The molecule has 0 spiro atoms. The monoisotopic (exact) mass is 219 g/mol. The zero-order valence-electron chi connectivity index (χ0n) is 8.39. The summed E-state index contributed by atoms with van der Waals surface area (Å²) < 4.78 is 1.26. The Hall–Kier alpha value is -1.13. The molecule has 1 unspecified atom stereocenters. The molecule has 2 N–H and O–H groups in total. The number of anilines is 1. The van der Waals surface area contributed by atoms with Gasteiger partial charge in [0.2, 0.25) is 0 Å². The summed E-state index contributed by atoms with van der Waals surface area (Å²) in [5, 5.41) is 1.12. The van der Waals surface area contributed by atoms with E-state index in [0.29, 0.717) is 6.04 Å². The summed E-state index contributed by atoms with van der Waals surface area (Å²) in [5.41, 5.74) is 6.79. The maximum atomic E-state index is 5.69. The van der Waals surface area contributed by atoms with Crippen molar-refractivity contribution in [1.29, 1.82) is 0 Å². The minimum absolute atomic E-state index is 0.505. The number of nitrogens with zero attached hydrogens (tertiary/aromatic N) is 2. The first kappa shape index (κ1) is 9.12. The number of benzene rings is 1. The van der Waals surface area contributed by atoms with Gasteiger partial charge in [0.05, 0.1) is 10.2 Å². The molecule has 0 saturated carbocycles. The Balaban J connectivity index is 1.98. The molecule has 0 bridgehead atoms. The van der Waals surface area contributed by atoms with Gasteiger partial charge in [-0.15, -0.1) is 0 Å². The number of hydrogen-bond donors (Lipinski definition) is 1. The van der Waals surface area contributed by atoms with Gasteiger partial charge in [0.15, 0.2) is 5.13 Å². The molecule has 15 heavy (non-hydrogen) atoms. The van der Waals surface area contributed by atoms with E-state index in [0.717, 1.165) is 23.7 Å². The van der Waals surface area contributed by atoms with Crippen molar-refractivity contribution in [3.8, 4) is 0 Å². The molecule has 3 nitrogen and oxygen atoms in total. The van der Waals surface area contributed by atoms with Crippen LogP contribution in [0.3, 0.4) is 0 Å². The average Bonchev–Trinajstić information content (AvgIpc) is 2.59. The quantitative estimate of drug-likeness (QED) is 0.838. The van der Waals surface area contributed by atoms with Crippen molar-refractivity contribution >= 4 is 26.7 Å². The van der Waals surface area contributed by atoms with Crippen LogP contribution in [0, 0.1) is 0 Å². The van der Waals surface area contributed by atoms with Crippen LogP contribution in [0.15, 0.2) is 24.3 Å². The second kappa shape index (κ2) is 3.47. The highest BCUT2D eigenvalue weighted by Gasteiger charge is 2.28. The summed E-state index contributed by atoms with van der Waals surface area (Å²) in [7, 11) is 0. The lowest BCUT2D eigenvalue weighted by atomic mass is 10.1. The molecular formula is C11H13N3S. The Kier molecular flexibility index (Phi) is 2.11. The van der Waals surface area contributed by atoms with Crippen molar-refractivity contribution < 1.29 is 0 Å². The molecule has 78 valence electrons. The Bertz CT molecular complexity index is 444. The van der Waals surface area contributed by atoms with E-state index in [4.69, 9.17) is 5.73 Å². The summed E-state index contributed by atoms with van der Waals surface area (Å²) in [4.78, 5) is 6.93. The summed E-state index contributed by atoms with van der Waals surface area (Å²) in [6.45, 7) is 1.83. The SMILES string of the molecule is NCC1CCN1c1nc2ccccc2s1. The van der Waals surface area contributed by atoms with Crippen molar-refractivity contribution in [2.24, 2.45) is 5.73 Å². The van der Waals surface area contributed by atoms with E-state index in [2.05, 4.69) is 28.1 Å². The Morgan fingerprint density at radius 3 is 3.00 bits per heavy atom. The molecule has 0 aliphatic carbocycles. The van der Waals surface area contributed by atoms with Crippen molar-refractivity contribution in [2.75, 3.05) is 18.0 Å². The fourth-order valence-electron chi connectivity index (χ4n) is 1.92. The molecule has 1 fully saturated rings. The van der Waals surface area contributed by atoms with E-state index in [1.807, 2.05) is 6.07 Å². The first-order chi connectivity index (χ1) is 7.38. The lowest BCUT2D eigenvalue weighted by Crippen LogP contribution is -2.51. The van der Waals surface area contributed by atoms with Crippen LogP contribution in [-0.2, 0) is 0 Å². The summed E-state index contributed by atoms with van der Waals surface area (Å²) in [6, 6.07) is 8.77. The molecule has 1 aromatic carbocycles. The molecule has 3 rings (SSSR count). The average molecular weight is 219 g/mol. The maximum absolute atomic E-state index is 5.69. The molecule has 1 aliphatic rings. The second-order valence-corrected chi connectivity index (χ2v) is 4.84. The first-order valence-electron chi connectivity index (χ1n) is 5.21. The minimum atomic E-state index is 0.505. The predicted octanol–water partition coefficient (Wildman–Crippen LogP) is 1.83. The first-order valence-corrected chi connectivity index (χ1v) is 6.02. The van der Waals surface area contributed by atoms with Gasteiger partial charge in [-0.2, -0.15) is 0 Å². The van der Waals surface area contributed by atoms with Crippen LogP contribution in [0.2, 0.25) is 0 Å². The molecule has 0 amide bonds. The van der Waals surface area contributed by atoms with Gasteiger partial charge in [-0.3, -0.25) is 0 Å². The molecule has 1 aliphatic heterocycles. The van der Waals surface area contributed by atoms with Crippen LogP contribution in [0.1, 0.15) is 6.42 Å². The van der Waals surface area contributed by atoms with E-state index in [9.17, 15) is 0 Å². The minimum Gasteiger partial charge on any atom is -0.344 e. The highest BCUT2D eigenvalue weighted by Crippen LogP contribution is 2.33. The van der Waals surface area contributed by atoms with Gasteiger partial charge >= 0.3 is 0 Å². The summed E-state index contributed by atoms with van der Waals surface area (Å²) in [6.07, 6.45) is 1.20. The van der Waals surface area contributed by atoms with Gasteiger partial charge in [0.1, 0.15) is 0 Å². The number of aromatic nitrogens is 1. The van der Waals surface area contributed by atoms with Crippen LogP contribution in [0.25, 0.3) is 10.2 Å². The Labute approximate surface area is 92.5 Å². The highest BCUT2D eigenvalue weighted by atomic mass is 32.1. The van der Waals surface area contributed by atoms with Crippen molar-refractivity contribution in [3.05, 3.63) is 24.3 Å². The number of para-hydroxylation sites is 1. The molecule has 2 heterocycles. The molecular weight excluding hydrogens is 206 g/mol. The lowest BCUT2D eigenvalue weighted by molar-refractivity contribution is 0.456. The van der Waals surface area contributed by atoms with Crippen LogP contribution in [0.4, 0.5) is 5.13 Å². The lowest BCUT2D eigenvalue weighted by Gasteiger charge is -2.40. The topological polar surface area (TPSA) is 42.1 Å². The fraction of sp³-hybridized carbons (Fsp3) is 0.364. The third-order valence-electron chi connectivity index (χ3n) is 2.94. The van der Waals surface area contributed by atoms with Crippen molar-refractivity contribution in [2.45, 2.75) is 12.5 Å². The highest BCUT2D eigenvalue weighted by molar-refractivity contribution is 7.22. The number of thiazole rings is 1. The van der Waals surface area contributed by atoms with Gasteiger partial charge in [-0.05, 0) is 18.6 Å². The smallest absolute Gasteiger partial charge is 0.186 e. The van der Waals surface area contributed by atoms with Crippen LogP contribution >= 0.6 is 11.3 Å². The maximum Gasteiger partial charge on any atom is 0.186 e. The zero-order chi connectivity index (χ0) is 10.3. The van der Waals surface area contributed by atoms with E-state index in [1.54, 1.807) is 11.3 Å². The molecule has 4 heteroatoms. The van der Waals surface area contributed by atoms with E-state index in [1.165, 1.54) is 11.1 Å². The molecule has 1 saturated heterocycles. The zero-order valence-corrected chi connectivity index (χ0v) is 9.20. The van der Waals surface area contributed by atoms with E-state index in [-0.39, 0.29) is 0 Å². The van der Waals surface area contributed by atoms with Crippen molar-refractivity contribution in [1.82, 2.24) is 4.98 Å². The van der Waals surface area contributed by atoms with E-state index >= 15 is 0 Å². The molecule has 2 aromatic rings. The van der Waals surface area contributed by atoms with Gasteiger partial charge < -0.3 is 10.6 Å². The Morgan fingerprint density at radius 1 is 1.47 bits per heavy atom. The van der Waals surface area contributed by atoms with Crippen LogP contribution in [-0.4, -0.2) is 24.1 Å². The third-order valence-corrected chi connectivity index (χ3v) is 4.02. The number of rotatable bonds is 2. The van der Waals surface area contributed by atoms with Crippen molar-refractivity contribution in [3.63, 3.8) is 0 Å². The molecule has 0 radical (unpaired) electrons. The number of fused-ring (bicyclic) bond motifs is 1. The second-order valence-electron chi connectivity index (χ2n) is 3.84. The largest absolute Gasteiger partial charge is 0.344 e. The van der Waals surface area contributed by atoms with Gasteiger partial charge in [-0.25, -0.2) is 4.98 Å². The fourth-order valence-corrected chi connectivity index (χ4v) is 2.98. The third kappa shape index (κ3) is 1.41. The standard InChI is InChI=1S/C11H13N3S/c12-7-8-5-6-14(8)11-13-9-3-1-2-4-10(9)15-11/h1-4,8H,5-7,12H2. The molecule has 1 aromatic heterocycles. The van der Waals surface area contributed by atoms with Crippen LogP contribution in [0.5, 0.6) is 0 Å². The van der Waals surface area contributed by atoms with Gasteiger partial charge in [0.25, 0.3) is 0 Å². The summed E-state index contributed by atoms with van der Waals surface area (Å²) >= 11 is 1.76. The summed E-state index contributed by atoms with van der Waals surface area (Å²) in [5.74, 6) is 0. The van der Waals surface area contributed by atoms with E-state index < -0.39 is 0 Å². The number of hydrogen-bond acceptors (Lipinski definition) is 4.